The summed E-state index contributed by atoms with van der Waals surface area (Å²) in [6, 6.07) is 7.21. The van der Waals surface area contributed by atoms with E-state index in [9.17, 15) is 14.4 Å². The van der Waals surface area contributed by atoms with Gasteiger partial charge in [0.25, 0.3) is 11.1 Å². The molecule has 1 aliphatic rings. The normalized spacial score (nSPS) is 15.4. The number of nitrogens with one attached hydrogen (secondary N) is 1. The molecule has 2 aromatic rings. The van der Waals surface area contributed by atoms with Gasteiger partial charge in [-0.15, -0.1) is 0 Å². The highest BCUT2D eigenvalue weighted by Crippen LogP contribution is 2.40. The number of methoxy groups -OCH3 is 1. The summed E-state index contributed by atoms with van der Waals surface area (Å²) in [6.45, 7) is 5.55. The van der Waals surface area contributed by atoms with Crippen molar-refractivity contribution in [2.75, 3.05) is 7.11 Å². The maximum atomic E-state index is 12.3. The summed E-state index contributed by atoms with van der Waals surface area (Å²) in [7, 11) is 1.29. The molecule has 0 fully saturated rings. The van der Waals surface area contributed by atoms with Gasteiger partial charge in [0.15, 0.2) is 0 Å². The SMILES string of the molecule is COC(=O)c1ccc2c(c1)C(n1[nH]c(=O)ccc1=O)=C(C)C(C)(C)O2. The molecule has 3 rings (SSSR count). The minimum Gasteiger partial charge on any atom is -0.483 e. The van der Waals surface area contributed by atoms with Crippen molar-refractivity contribution < 1.29 is 14.3 Å². The van der Waals surface area contributed by atoms with E-state index in [0.29, 0.717) is 22.6 Å². The lowest BCUT2D eigenvalue weighted by molar-refractivity contribution is 0.0600. The molecule has 25 heavy (non-hydrogen) atoms. The van der Waals surface area contributed by atoms with Crippen molar-refractivity contribution in [3.63, 3.8) is 0 Å². The number of esters is 1. The van der Waals surface area contributed by atoms with E-state index in [1.165, 1.54) is 23.9 Å². The summed E-state index contributed by atoms with van der Waals surface area (Å²) in [5.74, 6) is 0.00777. The fraction of sp³-hybridized carbons (Fsp3) is 0.278. The lowest BCUT2D eigenvalue weighted by Crippen LogP contribution is -2.38. The molecule has 0 bridgehead atoms. The second-order valence-corrected chi connectivity index (χ2v) is 6.27. The molecule has 130 valence electrons. The molecule has 0 spiro atoms. The first-order valence-corrected chi connectivity index (χ1v) is 7.70. The molecule has 0 aliphatic carbocycles. The van der Waals surface area contributed by atoms with Crippen LogP contribution in [0.5, 0.6) is 5.75 Å². The van der Waals surface area contributed by atoms with E-state index in [1.54, 1.807) is 18.2 Å². The number of hydrogen-bond donors (Lipinski definition) is 1. The highest BCUT2D eigenvalue weighted by Gasteiger charge is 2.34. The highest BCUT2D eigenvalue weighted by atomic mass is 16.5. The Balaban J connectivity index is 2.35. The zero-order chi connectivity index (χ0) is 18.4. The van der Waals surface area contributed by atoms with Gasteiger partial charge in [-0.05, 0) is 44.5 Å². The smallest absolute Gasteiger partial charge is 0.337 e. The molecule has 7 heteroatoms. The second kappa shape index (κ2) is 5.77. The van der Waals surface area contributed by atoms with Crippen LogP contribution < -0.4 is 15.9 Å². The molecule has 2 heterocycles. The topological polar surface area (TPSA) is 90.4 Å². The number of ether oxygens (including phenoxy) is 2. The third-order valence-electron chi connectivity index (χ3n) is 4.32. The van der Waals surface area contributed by atoms with Gasteiger partial charge >= 0.3 is 5.97 Å². The first-order valence-electron chi connectivity index (χ1n) is 7.70. The summed E-state index contributed by atoms with van der Waals surface area (Å²) in [4.78, 5) is 35.9. The molecule has 0 saturated heterocycles. The van der Waals surface area contributed by atoms with E-state index in [-0.39, 0.29) is 5.56 Å². The number of carbonyl (C=O) groups is 1. The van der Waals surface area contributed by atoms with Gasteiger partial charge in [0.1, 0.15) is 11.4 Å². The second-order valence-electron chi connectivity index (χ2n) is 6.27. The Labute approximate surface area is 143 Å². The number of nitrogens with zero attached hydrogens (tertiary/aromatic N) is 1. The van der Waals surface area contributed by atoms with Crippen molar-refractivity contribution >= 4 is 11.7 Å². The first-order chi connectivity index (χ1) is 11.7. The van der Waals surface area contributed by atoms with E-state index >= 15 is 0 Å². The highest BCUT2D eigenvalue weighted by molar-refractivity contribution is 5.91. The van der Waals surface area contributed by atoms with E-state index in [1.807, 2.05) is 20.8 Å². The van der Waals surface area contributed by atoms with Gasteiger partial charge in [0.05, 0.1) is 18.4 Å². The number of aromatic amines is 1. The van der Waals surface area contributed by atoms with Crippen molar-refractivity contribution in [1.82, 2.24) is 9.78 Å². The number of rotatable bonds is 2. The molecular weight excluding hydrogens is 324 g/mol. The molecule has 0 unspecified atom stereocenters. The van der Waals surface area contributed by atoms with Gasteiger partial charge in [-0.2, -0.15) is 0 Å². The molecule has 0 saturated carbocycles. The third kappa shape index (κ3) is 2.77. The molecule has 1 N–H and O–H groups in total. The van der Waals surface area contributed by atoms with E-state index < -0.39 is 17.1 Å². The zero-order valence-corrected chi connectivity index (χ0v) is 14.4. The quantitative estimate of drug-likeness (QED) is 0.840. The van der Waals surface area contributed by atoms with Crippen molar-refractivity contribution in [3.8, 4) is 5.75 Å². The zero-order valence-electron chi connectivity index (χ0n) is 14.4. The standard InChI is InChI=1S/C18H18N2O5/c1-10-16(20-15(22)8-7-14(21)19-20)12-9-11(17(23)24-4)5-6-13(12)25-18(10,2)3/h5-9H,1-4H3,(H,19,21). The fourth-order valence-corrected chi connectivity index (χ4v) is 2.77. The van der Waals surface area contributed by atoms with Crippen LogP contribution in [0.4, 0.5) is 0 Å². The third-order valence-corrected chi connectivity index (χ3v) is 4.32. The summed E-state index contributed by atoms with van der Waals surface area (Å²) in [6.07, 6.45) is 0. The Morgan fingerprint density at radius 3 is 2.60 bits per heavy atom. The van der Waals surface area contributed by atoms with Gasteiger partial charge in [-0.25, -0.2) is 9.48 Å². The van der Waals surface area contributed by atoms with Crippen LogP contribution >= 0.6 is 0 Å². The van der Waals surface area contributed by atoms with Gasteiger partial charge < -0.3 is 9.47 Å². The van der Waals surface area contributed by atoms with Crippen LogP contribution in [0.25, 0.3) is 5.70 Å². The summed E-state index contributed by atoms with van der Waals surface area (Å²) < 4.78 is 11.9. The Morgan fingerprint density at radius 2 is 1.92 bits per heavy atom. The number of hydrogen-bond acceptors (Lipinski definition) is 5. The lowest BCUT2D eigenvalue weighted by Gasteiger charge is -2.35. The first kappa shape index (κ1) is 16.8. The van der Waals surface area contributed by atoms with Crippen LogP contribution in [0.2, 0.25) is 0 Å². The maximum absolute atomic E-state index is 12.3. The van der Waals surface area contributed by atoms with Gasteiger partial charge in [-0.3, -0.25) is 14.7 Å². The van der Waals surface area contributed by atoms with Crippen LogP contribution in [0.1, 0.15) is 36.7 Å². The van der Waals surface area contributed by atoms with Gasteiger partial charge in [0.2, 0.25) is 0 Å². The number of benzene rings is 1. The largest absolute Gasteiger partial charge is 0.483 e. The van der Waals surface area contributed by atoms with Crippen molar-refractivity contribution in [1.29, 1.82) is 0 Å². The van der Waals surface area contributed by atoms with Gasteiger partial charge in [0, 0.05) is 17.7 Å². The van der Waals surface area contributed by atoms with Gasteiger partial charge in [-0.1, -0.05) is 0 Å². The predicted molar refractivity (Wildman–Crippen MR) is 91.8 cm³/mol. The molecular formula is C18H18N2O5. The average Bonchev–Trinajstić information content (AvgIpc) is 2.57. The van der Waals surface area contributed by atoms with E-state index in [4.69, 9.17) is 9.47 Å². The summed E-state index contributed by atoms with van der Waals surface area (Å²) >= 11 is 0. The molecule has 7 nitrogen and oxygen atoms in total. The molecule has 0 radical (unpaired) electrons. The van der Waals surface area contributed by atoms with Crippen LogP contribution in [-0.2, 0) is 4.74 Å². The predicted octanol–water partition coefficient (Wildman–Crippen LogP) is 1.77. The minimum atomic E-state index is -0.693. The Bertz CT molecular complexity index is 1010. The number of carbonyl (C=O) groups excluding carboxylic acids is 1. The van der Waals surface area contributed by atoms with E-state index in [2.05, 4.69) is 5.10 Å². The minimum absolute atomic E-state index is 0.321. The van der Waals surface area contributed by atoms with Crippen LogP contribution in [0.15, 0.2) is 45.5 Å². The summed E-state index contributed by atoms with van der Waals surface area (Å²) in [5.41, 5.74) is 0.591. The van der Waals surface area contributed by atoms with Crippen molar-refractivity contribution in [2.45, 2.75) is 26.4 Å². The fourth-order valence-electron chi connectivity index (χ4n) is 2.77. The van der Waals surface area contributed by atoms with Crippen LogP contribution in [0, 0.1) is 0 Å². The molecule has 0 atom stereocenters. The van der Waals surface area contributed by atoms with Crippen molar-refractivity contribution in [3.05, 3.63) is 67.7 Å². The Hall–Kier alpha value is -3.09. The number of H-pyrrole nitrogens is 1. The number of fused-ring (bicyclic) bond motifs is 1. The summed E-state index contributed by atoms with van der Waals surface area (Å²) in [5, 5.41) is 2.54. The monoisotopic (exact) mass is 342 g/mol. The average molecular weight is 342 g/mol. The van der Waals surface area contributed by atoms with E-state index in [0.717, 1.165) is 5.57 Å². The van der Waals surface area contributed by atoms with Crippen molar-refractivity contribution in [2.24, 2.45) is 0 Å². The molecule has 0 amide bonds. The number of aromatic nitrogens is 2. The van der Waals surface area contributed by atoms with Crippen LogP contribution in [-0.4, -0.2) is 28.5 Å². The molecule has 1 aromatic heterocycles. The van der Waals surface area contributed by atoms with Crippen LogP contribution in [0.3, 0.4) is 0 Å². The lowest BCUT2D eigenvalue weighted by atomic mass is 9.90. The molecule has 1 aliphatic heterocycles. The maximum Gasteiger partial charge on any atom is 0.337 e. The Kier molecular flexibility index (Phi) is 3.87. The Morgan fingerprint density at radius 1 is 1.20 bits per heavy atom. The molecule has 1 aromatic carbocycles.